The Hall–Kier alpha value is -12.7. The van der Waals surface area contributed by atoms with E-state index in [1.54, 1.807) is 16.8 Å². The molecule has 0 spiro atoms. The van der Waals surface area contributed by atoms with Gasteiger partial charge in [-0.05, 0) is 76.2 Å². The van der Waals surface area contributed by atoms with E-state index in [2.05, 4.69) is 62.9 Å². The van der Waals surface area contributed by atoms with Crippen LogP contribution in [-0.2, 0) is 45.3 Å². The lowest BCUT2D eigenvalue weighted by Gasteiger charge is -2.15. The van der Waals surface area contributed by atoms with Crippen molar-refractivity contribution in [2.24, 2.45) is 5.92 Å². The van der Waals surface area contributed by atoms with Gasteiger partial charge >= 0.3 is 5.97 Å². The second-order valence-corrected chi connectivity index (χ2v) is 31.9. The lowest BCUT2D eigenvalue weighted by Crippen LogP contribution is -2.32. The van der Waals surface area contributed by atoms with Gasteiger partial charge in [-0.3, -0.25) is 14.4 Å². The van der Waals surface area contributed by atoms with Crippen LogP contribution in [0.2, 0.25) is 20.1 Å². The summed E-state index contributed by atoms with van der Waals surface area (Å²) in [5, 5.41) is 58.6. The highest BCUT2D eigenvalue weighted by Gasteiger charge is 2.31. The second-order valence-electron chi connectivity index (χ2n) is 30.4. The summed E-state index contributed by atoms with van der Waals surface area (Å²) in [6.45, 7) is 12.4. The molecule has 0 radical (unpaired) electrons. The number of aryl methyl sites for hydroxylation is 1. The van der Waals surface area contributed by atoms with Gasteiger partial charge in [-0.2, -0.15) is 20.4 Å². The van der Waals surface area contributed by atoms with Crippen molar-refractivity contribution in [3.05, 3.63) is 262 Å². The SMILES string of the molecule is CC(C)COC(=O)Cn1nc(-c2ccccc2)c2c(Cl)c(-c3ccccc3)nnc21.Cc1cccc(-c2nn(CC(=O)N3CC[C@@H](F)C3)c3nnc(-c4ccccc4)c(Cl)c23)c1.Clc1c(-c2ccccc2)nnc2c1c(-c1ccccc1)nn2CCN1CCCC1.O=C(Cn1nc(-c2ccccc2)c2c(Cl)c(-c3cccc(F)c3)nnc21)N1CCCC1. The number of carbonyl (C=O) groups excluding carboxylic acids is 3. The minimum atomic E-state index is -0.973. The Morgan fingerprint density at radius 1 is 0.385 bits per heavy atom. The molecule has 122 heavy (non-hydrogen) atoms. The molecule has 1 atom stereocenters. The molecule has 3 saturated heterocycles. The summed E-state index contributed by atoms with van der Waals surface area (Å²) < 4.78 is 39.2. The van der Waals surface area contributed by atoms with Gasteiger partial charge in [0.25, 0.3) is 0 Å². The third-order valence-electron chi connectivity index (χ3n) is 21.3. The van der Waals surface area contributed by atoms with E-state index in [-0.39, 0.29) is 55.7 Å². The number of ether oxygens (including phenoxy) is 1. The summed E-state index contributed by atoms with van der Waals surface area (Å²) in [5.41, 5.74) is 14.9. The molecular formula is C93H83Cl4F2N19O4. The average Bonchev–Trinajstić information content (AvgIpc) is 1.60. The number of halogens is 6. The van der Waals surface area contributed by atoms with E-state index < -0.39 is 6.17 Å². The highest BCUT2D eigenvalue weighted by Crippen LogP contribution is 2.43. The van der Waals surface area contributed by atoms with Crippen LogP contribution in [-0.4, -0.2) is 171 Å². The number of alkyl halides is 1. The second kappa shape index (κ2) is 38.0. The standard InChI is InChI=1S/C24H21ClFN5O.C23H19ClFN5O.C23H22ClN5.C23H21ClN4O2/c1-15-6-5-9-17(12-15)22-20-21(25)23(16-7-3-2-4-8-16)27-28-24(20)31(29-22)14-19(32)30-11-10-18(26)13-30;24-20-19-21(15-7-2-1-3-8-15)28-30(14-18(31)29-11-4-5-12-29)23(19)27-26-22(20)16-9-6-10-17(25)13-16;24-20-19-21(17-9-3-1-4-10-17)27-29(16-15-28-13-7-8-14-28)23(19)26-25-22(20)18-11-5-2-6-12-18;1-15(2)14-30-18(29)13-28-23-19(21(27-28)16-9-5-3-6-10-16)20(24)22(25-26-23)17-11-7-4-8-12-17/h2-9,12,18H,10-11,13-14H2,1H3;1-3,6-10,13H,4-5,11-12,14H2;1-6,9-12H,7-8,13-16H2;3-12,15H,13-14H2,1-2H3/t18-;;;/m1.../s1. The van der Waals surface area contributed by atoms with Crippen LogP contribution < -0.4 is 0 Å². The molecule has 3 aliphatic rings. The van der Waals surface area contributed by atoms with Crippen LogP contribution in [0, 0.1) is 18.7 Å². The van der Waals surface area contributed by atoms with Crippen molar-refractivity contribution in [3.8, 4) is 90.1 Å². The molecule has 0 N–H and O–H groups in total. The molecule has 16 aromatic rings. The molecule has 3 fully saturated rings. The molecule has 29 heteroatoms. The Morgan fingerprint density at radius 3 is 1.11 bits per heavy atom. The first-order chi connectivity index (χ1) is 59.5. The Bertz CT molecular complexity index is 6420. The minimum absolute atomic E-state index is 0.00589. The number of nitrogens with zero attached hydrogens (tertiary/aromatic N) is 19. The molecule has 0 saturated carbocycles. The lowest BCUT2D eigenvalue weighted by atomic mass is 10.1. The third-order valence-corrected chi connectivity index (χ3v) is 22.7. The number of carbonyl (C=O) groups is 3. The van der Waals surface area contributed by atoms with E-state index in [1.165, 1.54) is 39.2 Å². The summed E-state index contributed by atoms with van der Waals surface area (Å²) in [6.07, 6.45) is 3.99. The number of benzene rings is 8. The van der Waals surface area contributed by atoms with E-state index in [9.17, 15) is 23.2 Å². The van der Waals surface area contributed by atoms with Crippen molar-refractivity contribution in [1.82, 2.24) is 94.6 Å². The number of likely N-dealkylation sites (tertiary alicyclic amines) is 3. The molecule has 0 bridgehead atoms. The number of esters is 1. The third kappa shape index (κ3) is 18.5. The van der Waals surface area contributed by atoms with Gasteiger partial charge < -0.3 is 19.4 Å². The number of hydrogen-bond donors (Lipinski definition) is 0. The molecule has 2 amide bonds. The maximum atomic E-state index is 13.8. The van der Waals surface area contributed by atoms with Crippen LogP contribution in [0.25, 0.3) is 134 Å². The molecule has 19 rings (SSSR count). The van der Waals surface area contributed by atoms with Crippen molar-refractivity contribution in [3.63, 3.8) is 0 Å². The van der Waals surface area contributed by atoms with Gasteiger partial charge in [0.15, 0.2) is 22.6 Å². The monoisotopic (exact) mass is 1710 g/mol. The minimum Gasteiger partial charge on any atom is -0.464 e. The summed E-state index contributed by atoms with van der Waals surface area (Å²) in [7, 11) is 0. The van der Waals surface area contributed by atoms with Gasteiger partial charge in [0.1, 0.15) is 77.2 Å². The highest BCUT2D eigenvalue weighted by atomic mass is 35.5. The van der Waals surface area contributed by atoms with Crippen LogP contribution in [0.1, 0.15) is 51.5 Å². The van der Waals surface area contributed by atoms with Crippen molar-refractivity contribution < 1.29 is 27.9 Å². The van der Waals surface area contributed by atoms with Crippen molar-refractivity contribution in [2.75, 3.05) is 52.4 Å². The topological polar surface area (TPSA) is 245 Å². The van der Waals surface area contributed by atoms with Crippen molar-refractivity contribution in [2.45, 2.75) is 85.2 Å². The van der Waals surface area contributed by atoms with E-state index >= 15 is 0 Å². The normalized spacial score (nSPS) is 14.0. The Balaban J connectivity index is 0.000000121. The summed E-state index contributed by atoms with van der Waals surface area (Å²) >= 11 is 27.4. The predicted molar refractivity (Wildman–Crippen MR) is 473 cm³/mol. The van der Waals surface area contributed by atoms with Gasteiger partial charge in [-0.15, -0.1) is 40.8 Å². The van der Waals surface area contributed by atoms with E-state index in [0.29, 0.717) is 118 Å². The molecule has 0 unspecified atom stereocenters. The molecule has 11 heterocycles. The van der Waals surface area contributed by atoms with Crippen LogP contribution in [0.15, 0.2) is 231 Å². The van der Waals surface area contributed by atoms with E-state index in [4.69, 9.17) is 66.4 Å². The smallest absolute Gasteiger partial charge is 0.327 e. The zero-order valence-electron chi connectivity index (χ0n) is 67.0. The zero-order chi connectivity index (χ0) is 84.3. The van der Waals surface area contributed by atoms with Crippen LogP contribution in [0.5, 0.6) is 0 Å². The van der Waals surface area contributed by atoms with Crippen LogP contribution in [0.4, 0.5) is 8.78 Å². The first-order valence-corrected chi connectivity index (χ1v) is 41.9. The molecular weight excluding hydrogens is 1630 g/mol. The van der Waals surface area contributed by atoms with E-state index in [0.717, 1.165) is 113 Å². The number of fused-ring (bicyclic) bond motifs is 4. The molecule has 23 nitrogen and oxygen atoms in total. The van der Waals surface area contributed by atoms with Gasteiger partial charge in [-0.1, -0.05) is 278 Å². The Kier molecular flexibility index (Phi) is 25.8. The number of hydrogen-bond acceptors (Lipinski definition) is 17. The summed E-state index contributed by atoms with van der Waals surface area (Å²) in [5.74, 6) is -0.710. The Morgan fingerprint density at radius 2 is 0.721 bits per heavy atom. The fraction of sp³-hybridized carbons (Fsp3) is 0.237. The summed E-state index contributed by atoms with van der Waals surface area (Å²) in [4.78, 5) is 43.7. The molecule has 616 valence electrons. The van der Waals surface area contributed by atoms with Crippen LogP contribution in [0.3, 0.4) is 0 Å². The first-order valence-electron chi connectivity index (χ1n) is 40.4. The number of rotatable bonds is 19. The predicted octanol–water partition coefficient (Wildman–Crippen LogP) is 19.2. The van der Waals surface area contributed by atoms with Gasteiger partial charge in [0, 0.05) is 70.7 Å². The Labute approximate surface area is 721 Å². The highest BCUT2D eigenvalue weighted by molar-refractivity contribution is 6.40. The molecule has 0 aliphatic carbocycles. The van der Waals surface area contributed by atoms with Gasteiger partial charge in [0.05, 0.1) is 61.3 Å². The van der Waals surface area contributed by atoms with Crippen LogP contribution >= 0.6 is 46.4 Å². The fourth-order valence-corrected chi connectivity index (χ4v) is 16.4. The zero-order valence-corrected chi connectivity index (χ0v) is 70.0. The molecule has 8 aromatic carbocycles. The molecule has 8 aromatic heterocycles. The largest absolute Gasteiger partial charge is 0.464 e. The summed E-state index contributed by atoms with van der Waals surface area (Å²) in [6, 6.07) is 72.6. The van der Waals surface area contributed by atoms with Crippen molar-refractivity contribution in [1.29, 1.82) is 0 Å². The number of aromatic nitrogens is 16. The lowest BCUT2D eigenvalue weighted by molar-refractivity contribution is -0.145. The quantitative estimate of drug-likeness (QED) is 0.0683. The maximum Gasteiger partial charge on any atom is 0.327 e. The average molecular weight is 1710 g/mol. The maximum absolute atomic E-state index is 13.8. The van der Waals surface area contributed by atoms with E-state index in [1.807, 2.05) is 224 Å². The molecule has 3 aliphatic heterocycles. The first kappa shape index (κ1) is 83.0. The fourth-order valence-electron chi connectivity index (χ4n) is 15.1. The van der Waals surface area contributed by atoms with Gasteiger partial charge in [-0.25, -0.2) is 27.5 Å². The number of amides is 2. The van der Waals surface area contributed by atoms with Gasteiger partial charge in [0.2, 0.25) is 11.8 Å². The van der Waals surface area contributed by atoms with Crippen molar-refractivity contribution >= 4 is 108 Å².